The van der Waals surface area contributed by atoms with Crippen molar-refractivity contribution < 1.29 is 4.79 Å². The number of carbonyl (C=O) groups excluding carboxylic acids is 1. The van der Waals surface area contributed by atoms with Crippen LogP contribution in [0.5, 0.6) is 0 Å². The molecule has 0 saturated heterocycles. The Bertz CT molecular complexity index is 279. The van der Waals surface area contributed by atoms with Gasteiger partial charge in [-0.2, -0.15) is 0 Å². The van der Waals surface area contributed by atoms with Gasteiger partial charge in [0, 0.05) is 11.3 Å². The van der Waals surface area contributed by atoms with Crippen LogP contribution in [0.15, 0.2) is 0 Å². The summed E-state index contributed by atoms with van der Waals surface area (Å²) in [7, 11) is 0. The zero-order valence-electron chi connectivity index (χ0n) is 10.6. The fourth-order valence-electron chi connectivity index (χ4n) is 4.24. The minimum atomic E-state index is -0.000579. The van der Waals surface area contributed by atoms with E-state index in [1.165, 1.54) is 19.3 Å². The Balaban J connectivity index is 2.34. The first kappa shape index (κ1) is 11.2. The topological polar surface area (TPSA) is 17.1 Å². The Morgan fingerprint density at radius 3 is 2.47 bits per heavy atom. The summed E-state index contributed by atoms with van der Waals surface area (Å²) in [5.41, 5.74) is 0.377. The Morgan fingerprint density at radius 1 is 1.13 bits per heavy atom. The van der Waals surface area contributed by atoms with Crippen LogP contribution in [0.4, 0.5) is 0 Å². The zero-order chi connectivity index (χ0) is 11.3. The molecule has 0 aliphatic heterocycles. The number of hydrogen-bond donors (Lipinski definition) is 0. The molecule has 15 heavy (non-hydrogen) atoms. The van der Waals surface area contributed by atoms with E-state index >= 15 is 0 Å². The Labute approximate surface area is 93.6 Å². The molecular weight excluding hydrogens is 184 g/mol. The number of hydrogen-bond acceptors (Lipinski definition) is 1. The third-order valence-electron chi connectivity index (χ3n) is 5.13. The van der Waals surface area contributed by atoms with E-state index in [1.807, 2.05) is 0 Å². The van der Waals surface area contributed by atoms with Crippen LogP contribution >= 0.6 is 0 Å². The van der Waals surface area contributed by atoms with Gasteiger partial charge in [-0.05, 0) is 37.0 Å². The molecule has 2 aliphatic carbocycles. The van der Waals surface area contributed by atoms with Crippen LogP contribution in [0, 0.1) is 22.7 Å². The summed E-state index contributed by atoms with van der Waals surface area (Å²) in [4.78, 5) is 12.4. The molecule has 2 fully saturated rings. The second-order valence-corrected chi connectivity index (χ2v) is 6.65. The summed E-state index contributed by atoms with van der Waals surface area (Å²) in [6.07, 6.45) is 6.04. The maximum atomic E-state index is 12.4. The van der Waals surface area contributed by atoms with Crippen molar-refractivity contribution in [1.82, 2.24) is 0 Å². The highest BCUT2D eigenvalue weighted by atomic mass is 16.1. The highest BCUT2D eigenvalue weighted by molar-refractivity contribution is 5.87. The fourth-order valence-corrected chi connectivity index (χ4v) is 4.24. The van der Waals surface area contributed by atoms with E-state index < -0.39 is 0 Å². The van der Waals surface area contributed by atoms with E-state index in [2.05, 4.69) is 27.7 Å². The van der Waals surface area contributed by atoms with Gasteiger partial charge in [-0.1, -0.05) is 34.1 Å². The van der Waals surface area contributed by atoms with Crippen LogP contribution in [-0.2, 0) is 4.79 Å². The highest BCUT2D eigenvalue weighted by Crippen LogP contribution is 2.56. The maximum Gasteiger partial charge on any atom is 0.141 e. The van der Waals surface area contributed by atoms with Crippen LogP contribution in [0.2, 0.25) is 0 Å². The molecule has 2 aliphatic rings. The third-order valence-corrected chi connectivity index (χ3v) is 5.13. The molecule has 0 spiro atoms. The van der Waals surface area contributed by atoms with E-state index in [-0.39, 0.29) is 5.41 Å². The molecule has 1 heteroatoms. The monoisotopic (exact) mass is 208 g/mol. The first-order valence-electron chi connectivity index (χ1n) is 6.42. The molecule has 0 heterocycles. The molecule has 0 aromatic heterocycles. The average molecular weight is 208 g/mol. The van der Waals surface area contributed by atoms with Gasteiger partial charge in [0.25, 0.3) is 0 Å². The average Bonchev–Trinajstić information content (AvgIpc) is 2.12. The highest BCUT2D eigenvalue weighted by Gasteiger charge is 2.53. The van der Waals surface area contributed by atoms with Crippen molar-refractivity contribution in [2.24, 2.45) is 22.7 Å². The first-order valence-corrected chi connectivity index (χ1v) is 6.42. The van der Waals surface area contributed by atoms with Gasteiger partial charge in [0.15, 0.2) is 0 Å². The van der Waals surface area contributed by atoms with Crippen molar-refractivity contribution >= 4 is 5.78 Å². The Morgan fingerprint density at radius 2 is 1.80 bits per heavy atom. The smallest absolute Gasteiger partial charge is 0.141 e. The van der Waals surface area contributed by atoms with E-state index in [4.69, 9.17) is 0 Å². The Hall–Kier alpha value is -0.330. The SMILES string of the molecule is CC1CC[C@@H]2C(C)(C)CCC[C@]2(C)C1=O. The summed E-state index contributed by atoms with van der Waals surface area (Å²) >= 11 is 0. The molecule has 0 radical (unpaired) electrons. The number of carbonyl (C=O) groups is 1. The van der Waals surface area contributed by atoms with Crippen molar-refractivity contribution in [2.75, 3.05) is 0 Å². The molecule has 0 aromatic carbocycles. The summed E-state index contributed by atoms with van der Waals surface area (Å²) in [5, 5.41) is 0. The number of Topliss-reactive ketones (excluding diaryl/α,β-unsaturated/α-hetero) is 1. The molecule has 1 unspecified atom stereocenters. The van der Waals surface area contributed by atoms with Crippen LogP contribution in [0.25, 0.3) is 0 Å². The van der Waals surface area contributed by atoms with Crippen molar-refractivity contribution in [3.8, 4) is 0 Å². The van der Waals surface area contributed by atoms with Gasteiger partial charge in [0.2, 0.25) is 0 Å². The van der Waals surface area contributed by atoms with Gasteiger partial charge in [-0.25, -0.2) is 0 Å². The number of fused-ring (bicyclic) bond motifs is 1. The van der Waals surface area contributed by atoms with Crippen molar-refractivity contribution in [3.63, 3.8) is 0 Å². The number of ketones is 1. The molecule has 1 nitrogen and oxygen atoms in total. The maximum absolute atomic E-state index is 12.4. The zero-order valence-corrected chi connectivity index (χ0v) is 10.6. The molecular formula is C14H24O. The molecule has 3 atom stereocenters. The fraction of sp³-hybridized carbons (Fsp3) is 0.929. The normalized spacial score (nSPS) is 44.9. The van der Waals surface area contributed by atoms with E-state index in [9.17, 15) is 4.79 Å². The molecule has 0 aromatic rings. The van der Waals surface area contributed by atoms with E-state index in [0.717, 1.165) is 12.8 Å². The lowest BCUT2D eigenvalue weighted by Crippen LogP contribution is -2.51. The largest absolute Gasteiger partial charge is 0.299 e. The predicted octanol–water partition coefficient (Wildman–Crippen LogP) is 3.82. The van der Waals surface area contributed by atoms with Gasteiger partial charge in [-0.3, -0.25) is 4.79 Å². The molecule has 2 saturated carbocycles. The molecule has 0 bridgehead atoms. The number of rotatable bonds is 0. The second kappa shape index (κ2) is 3.33. The molecule has 0 N–H and O–H groups in total. The minimum Gasteiger partial charge on any atom is -0.299 e. The second-order valence-electron chi connectivity index (χ2n) is 6.65. The molecule has 2 rings (SSSR count). The van der Waals surface area contributed by atoms with Crippen LogP contribution in [0.3, 0.4) is 0 Å². The van der Waals surface area contributed by atoms with E-state index in [0.29, 0.717) is 23.0 Å². The minimum absolute atomic E-state index is 0.000579. The van der Waals surface area contributed by atoms with Gasteiger partial charge >= 0.3 is 0 Å². The predicted molar refractivity (Wildman–Crippen MR) is 62.6 cm³/mol. The van der Waals surface area contributed by atoms with Gasteiger partial charge in [0.05, 0.1) is 0 Å². The molecule has 86 valence electrons. The quantitative estimate of drug-likeness (QED) is 0.591. The van der Waals surface area contributed by atoms with Crippen LogP contribution in [0.1, 0.15) is 59.8 Å². The summed E-state index contributed by atoms with van der Waals surface area (Å²) in [6, 6.07) is 0. The van der Waals surface area contributed by atoms with Crippen LogP contribution < -0.4 is 0 Å². The van der Waals surface area contributed by atoms with Gasteiger partial charge < -0.3 is 0 Å². The lowest BCUT2D eigenvalue weighted by molar-refractivity contribution is -0.148. The van der Waals surface area contributed by atoms with Crippen molar-refractivity contribution in [2.45, 2.75) is 59.8 Å². The van der Waals surface area contributed by atoms with Gasteiger partial charge in [-0.15, -0.1) is 0 Å². The van der Waals surface area contributed by atoms with Crippen LogP contribution in [-0.4, -0.2) is 5.78 Å². The lowest BCUT2D eigenvalue weighted by atomic mass is 9.50. The lowest BCUT2D eigenvalue weighted by Gasteiger charge is -2.53. The standard InChI is InChI=1S/C14H24O/c1-10-6-7-11-13(2,3)8-5-9-14(11,4)12(10)15/h10-11H,5-9H2,1-4H3/t10?,11-,14+/m1/s1. The third kappa shape index (κ3) is 1.55. The van der Waals surface area contributed by atoms with Gasteiger partial charge in [0.1, 0.15) is 5.78 Å². The summed E-state index contributed by atoms with van der Waals surface area (Å²) in [6.45, 7) is 9.07. The van der Waals surface area contributed by atoms with Crippen molar-refractivity contribution in [1.29, 1.82) is 0 Å². The summed E-state index contributed by atoms with van der Waals surface area (Å²) in [5.74, 6) is 1.48. The first-order chi connectivity index (χ1) is 6.88. The molecule has 0 amide bonds. The Kier molecular flexibility index (Phi) is 2.48. The van der Waals surface area contributed by atoms with Crippen molar-refractivity contribution in [3.05, 3.63) is 0 Å². The van der Waals surface area contributed by atoms with E-state index in [1.54, 1.807) is 0 Å². The summed E-state index contributed by atoms with van der Waals surface area (Å²) < 4.78 is 0.